The number of hydrogen-bond acceptors (Lipinski definition) is 4. The number of urea groups is 1. The Hall–Kier alpha value is -1.73. The summed E-state index contributed by atoms with van der Waals surface area (Å²) in [6.45, 7) is 2.92. The number of aromatic nitrogens is 1. The SMILES string of the molecule is O=C(NCCC(=O)N1CCN(c2ncc(Cl)cc2Cl)CC1)NC12CC3CC(CC(C3)C1)C2. The summed E-state index contributed by atoms with van der Waals surface area (Å²) in [7, 11) is 0. The van der Waals surface area contributed by atoms with E-state index >= 15 is 0 Å². The molecule has 0 atom stereocenters. The van der Waals surface area contributed by atoms with E-state index in [0.29, 0.717) is 55.0 Å². The third kappa shape index (κ3) is 4.65. The van der Waals surface area contributed by atoms with Gasteiger partial charge in [-0.2, -0.15) is 0 Å². The highest BCUT2D eigenvalue weighted by atomic mass is 35.5. The van der Waals surface area contributed by atoms with Gasteiger partial charge in [0.05, 0.1) is 10.0 Å². The van der Waals surface area contributed by atoms with Crippen LogP contribution in [0.2, 0.25) is 10.0 Å². The van der Waals surface area contributed by atoms with Crippen molar-refractivity contribution >= 4 is 41.0 Å². The second-order valence-electron chi connectivity index (χ2n) is 10.2. The summed E-state index contributed by atoms with van der Waals surface area (Å²) in [5.74, 6) is 3.14. The Bertz CT molecular complexity index is 852. The molecule has 6 rings (SSSR count). The lowest BCUT2D eigenvalue weighted by Gasteiger charge is -2.56. The molecule has 4 aliphatic carbocycles. The van der Waals surface area contributed by atoms with Gasteiger partial charge in [-0.15, -0.1) is 0 Å². The van der Waals surface area contributed by atoms with E-state index in [4.69, 9.17) is 23.2 Å². The van der Waals surface area contributed by atoms with Crippen molar-refractivity contribution in [2.24, 2.45) is 17.8 Å². The lowest BCUT2D eigenvalue weighted by atomic mass is 9.53. The second kappa shape index (κ2) is 8.90. The molecule has 5 fully saturated rings. The van der Waals surface area contributed by atoms with E-state index in [-0.39, 0.29) is 17.5 Å². The number of piperazine rings is 1. The summed E-state index contributed by atoms with van der Waals surface area (Å²) < 4.78 is 0. The van der Waals surface area contributed by atoms with Crippen LogP contribution in [0.25, 0.3) is 0 Å². The van der Waals surface area contributed by atoms with Gasteiger partial charge in [0.2, 0.25) is 5.91 Å². The standard InChI is InChI=1S/C23H31Cl2N5O2/c24-18-10-19(25)21(27-14-18)30-5-3-29(4-6-30)20(31)1-2-26-22(32)28-23-11-15-7-16(12-23)9-17(8-15)13-23/h10,14-17H,1-9,11-13H2,(H2,26,28,32). The summed E-state index contributed by atoms with van der Waals surface area (Å²) in [6.07, 6.45) is 9.33. The number of nitrogens with zero attached hydrogens (tertiary/aromatic N) is 3. The smallest absolute Gasteiger partial charge is 0.315 e. The molecule has 1 aromatic rings. The summed E-state index contributed by atoms with van der Waals surface area (Å²) in [5.41, 5.74) is -0.00382. The summed E-state index contributed by atoms with van der Waals surface area (Å²) >= 11 is 12.2. The highest BCUT2D eigenvalue weighted by Gasteiger charge is 2.51. The van der Waals surface area contributed by atoms with Gasteiger partial charge in [-0.25, -0.2) is 9.78 Å². The fourth-order valence-corrected chi connectivity index (χ4v) is 7.30. The van der Waals surface area contributed by atoms with Gasteiger partial charge in [-0.1, -0.05) is 23.2 Å². The molecule has 1 aromatic heterocycles. The number of anilines is 1. The summed E-state index contributed by atoms with van der Waals surface area (Å²) in [6, 6.07) is 1.57. The maximum atomic E-state index is 12.6. The molecule has 7 nitrogen and oxygen atoms in total. The van der Waals surface area contributed by atoms with E-state index in [9.17, 15) is 9.59 Å². The number of pyridine rings is 1. The second-order valence-corrected chi connectivity index (χ2v) is 11.0. The molecular formula is C23H31Cl2N5O2. The monoisotopic (exact) mass is 479 g/mol. The first-order valence-electron chi connectivity index (χ1n) is 11.8. The van der Waals surface area contributed by atoms with Crippen LogP contribution in [-0.2, 0) is 4.79 Å². The molecule has 32 heavy (non-hydrogen) atoms. The maximum absolute atomic E-state index is 12.6. The highest BCUT2D eigenvalue weighted by molar-refractivity contribution is 6.36. The van der Waals surface area contributed by atoms with Crippen LogP contribution < -0.4 is 15.5 Å². The molecule has 0 unspecified atom stereocenters. The molecule has 9 heteroatoms. The maximum Gasteiger partial charge on any atom is 0.315 e. The predicted octanol–water partition coefficient (Wildman–Crippen LogP) is 3.70. The molecular weight excluding hydrogens is 449 g/mol. The van der Waals surface area contributed by atoms with Gasteiger partial charge >= 0.3 is 6.03 Å². The molecule has 4 bridgehead atoms. The van der Waals surface area contributed by atoms with Crippen LogP contribution in [0, 0.1) is 17.8 Å². The van der Waals surface area contributed by atoms with Gasteiger partial charge in [-0.05, 0) is 62.3 Å². The van der Waals surface area contributed by atoms with Gasteiger partial charge < -0.3 is 20.4 Å². The molecule has 2 heterocycles. The van der Waals surface area contributed by atoms with Crippen LogP contribution in [0.1, 0.15) is 44.9 Å². The molecule has 3 amide bonds. The Kier molecular flexibility index (Phi) is 6.14. The average Bonchev–Trinajstić information content (AvgIpc) is 2.72. The molecule has 0 radical (unpaired) electrons. The normalized spacial score (nSPS) is 31.0. The molecule has 0 aromatic carbocycles. The van der Waals surface area contributed by atoms with Gasteiger partial charge in [-0.3, -0.25) is 4.79 Å². The Balaban J connectivity index is 1.04. The van der Waals surface area contributed by atoms with Gasteiger partial charge in [0.25, 0.3) is 0 Å². The third-order valence-electron chi connectivity index (χ3n) is 7.76. The Morgan fingerprint density at radius 3 is 2.25 bits per heavy atom. The molecule has 1 saturated heterocycles. The average molecular weight is 480 g/mol. The first-order chi connectivity index (χ1) is 15.4. The number of nitrogens with one attached hydrogen (secondary N) is 2. The quantitative estimate of drug-likeness (QED) is 0.674. The Morgan fingerprint density at radius 1 is 1.03 bits per heavy atom. The molecule has 2 N–H and O–H groups in total. The van der Waals surface area contributed by atoms with E-state index in [1.807, 2.05) is 4.90 Å². The number of halogens is 2. The summed E-state index contributed by atoms with van der Waals surface area (Å²) in [4.78, 5) is 33.4. The zero-order chi connectivity index (χ0) is 22.3. The van der Waals surface area contributed by atoms with Gasteiger partial charge in [0, 0.05) is 50.9 Å². The number of carbonyl (C=O) groups excluding carboxylic acids is 2. The Morgan fingerprint density at radius 2 is 1.66 bits per heavy atom. The number of amides is 3. The van der Waals surface area contributed by atoms with E-state index in [1.165, 1.54) is 19.3 Å². The first-order valence-corrected chi connectivity index (χ1v) is 12.5. The topological polar surface area (TPSA) is 77.6 Å². The van der Waals surface area contributed by atoms with Crippen molar-refractivity contribution < 1.29 is 9.59 Å². The van der Waals surface area contributed by atoms with Crippen molar-refractivity contribution in [1.82, 2.24) is 20.5 Å². The van der Waals surface area contributed by atoms with E-state index in [2.05, 4.69) is 20.5 Å². The fraction of sp³-hybridized carbons (Fsp3) is 0.696. The predicted molar refractivity (Wildman–Crippen MR) is 125 cm³/mol. The number of rotatable bonds is 5. The van der Waals surface area contributed by atoms with Crippen LogP contribution in [0.3, 0.4) is 0 Å². The van der Waals surface area contributed by atoms with Crippen LogP contribution in [0.5, 0.6) is 0 Å². The van der Waals surface area contributed by atoms with Crippen LogP contribution in [-0.4, -0.2) is 60.1 Å². The third-order valence-corrected chi connectivity index (χ3v) is 8.25. The minimum atomic E-state index is -0.118. The van der Waals surface area contributed by atoms with Crippen molar-refractivity contribution in [3.05, 3.63) is 22.3 Å². The van der Waals surface area contributed by atoms with E-state index in [0.717, 1.165) is 37.0 Å². The van der Waals surface area contributed by atoms with E-state index < -0.39 is 0 Å². The minimum Gasteiger partial charge on any atom is -0.352 e. The fourth-order valence-electron chi connectivity index (χ4n) is 6.80. The molecule has 0 spiro atoms. The van der Waals surface area contributed by atoms with E-state index in [1.54, 1.807) is 12.3 Å². The van der Waals surface area contributed by atoms with Crippen molar-refractivity contribution in [1.29, 1.82) is 0 Å². The van der Waals surface area contributed by atoms with Crippen molar-refractivity contribution in [3.8, 4) is 0 Å². The van der Waals surface area contributed by atoms with Crippen LogP contribution in [0.4, 0.5) is 10.6 Å². The van der Waals surface area contributed by atoms with Crippen LogP contribution >= 0.6 is 23.2 Å². The lowest BCUT2D eigenvalue weighted by Crippen LogP contribution is -2.61. The van der Waals surface area contributed by atoms with Gasteiger partial charge in [0.1, 0.15) is 5.82 Å². The van der Waals surface area contributed by atoms with Crippen molar-refractivity contribution in [2.45, 2.75) is 50.5 Å². The van der Waals surface area contributed by atoms with Crippen molar-refractivity contribution in [3.63, 3.8) is 0 Å². The zero-order valence-corrected chi connectivity index (χ0v) is 19.8. The largest absolute Gasteiger partial charge is 0.352 e. The lowest BCUT2D eigenvalue weighted by molar-refractivity contribution is -0.131. The van der Waals surface area contributed by atoms with Crippen LogP contribution in [0.15, 0.2) is 12.3 Å². The zero-order valence-electron chi connectivity index (χ0n) is 18.3. The first kappa shape index (κ1) is 22.1. The number of hydrogen-bond donors (Lipinski definition) is 2. The van der Waals surface area contributed by atoms with Gasteiger partial charge in [0.15, 0.2) is 0 Å². The van der Waals surface area contributed by atoms with Crippen molar-refractivity contribution in [2.75, 3.05) is 37.6 Å². The summed E-state index contributed by atoms with van der Waals surface area (Å²) in [5, 5.41) is 7.25. The minimum absolute atomic E-state index is 0.00382. The number of carbonyl (C=O) groups is 2. The highest BCUT2D eigenvalue weighted by Crippen LogP contribution is 2.55. The molecule has 1 aliphatic heterocycles. The molecule has 5 aliphatic rings. The Labute approximate surface area is 199 Å². The molecule has 174 valence electrons. The molecule has 4 saturated carbocycles.